The minimum Gasteiger partial charge on any atom is -0.489 e. The van der Waals surface area contributed by atoms with Gasteiger partial charge in [-0.3, -0.25) is 0 Å². The normalized spacial score (nSPS) is 10.8. The molecule has 5 heteroatoms. The lowest BCUT2D eigenvalue weighted by Gasteiger charge is -2.10. The number of aryl methyl sites for hydroxylation is 1. The van der Waals surface area contributed by atoms with Gasteiger partial charge in [-0.15, -0.1) is 5.54 Å². The first-order chi connectivity index (χ1) is 9.29. The molecule has 2 N–H and O–H groups in total. The lowest BCUT2D eigenvalue weighted by molar-refractivity contribution is 0.124. The molecule has 0 aliphatic carbocycles. The third-order valence-electron chi connectivity index (χ3n) is 2.41. The second-order valence-electron chi connectivity index (χ2n) is 5.59. The fourth-order valence-corrected chi connectivity index (χ4v) is 2.49. The van der Waals surface area contributed by atoms with E-state index >= 15 is 0 Å². The number of halogens is 1. The van der Waals surface area contributed by atoms with Crippen molar-refractivity contribution < 1.29 is 9.47 Å². The summed E-state index contributed by atoms with van der Waals surface area (Å²) in [6.07, 6.45) is 0. The van der Waals surface area contributed by atoms with Gasteiger partial charge >= 0.3 is 0 Å². The van der Waals surface area contributed by atoms with Crippen LogP contribution in [0.15, 0.2) is 12.1 Å². The molecule has 0 saturated carbocycles. The van der Waals surface area contributed by atoms with Crippen LogP contribution in [0.3, 0.4) is 0 Å². The Hall–Kier alpha value is -0.713. The van der Waals surface area contributed by atoms with Gasteiger partial charge in [0.1, 0.15) is 27.0 Å². The third-order valence-corrected chi connectivity index (χ3v) is 4.50. The Morgan fingerprint density at radius 2 is 1.95 bits per heavy atom. The van der Waals surface area contributed by atoms with Gasteiger partial charge in [0.15, 0.2) is 0 Å². The second kappa shape index (κ2) is 7.91. The topological polar surface area (TPSA) is 44.5 Å². The summed E-state index contributed by atoms with van der Waals surface area (Å²) in [6.45, 7) is 10.1. The molecule has 0 amide bonds. The van der Waals surface area contributed by atoms with E-state index in [1.807, 2.05) is 19.1 Å². The van der Waals surface area contributed by atoms with E-state index in [0.29, 0.717) is 25.5 Å². The van der Waals surface area contributed by atoms with Crippen LogP contribution in [0.25, 0.3) is 0 Å². The quantitative estimate of drug-likeness (QED) is 0.269. The van der Waals surface area contributed by atoms with Crippen LogP contribution in [0, 0.1) is 22.0 Å². The molecule has 1 aromatic carbocycles. The van der Waals surface area contributed by atoms with Crippen molar-refractivity contribution in [3.63, 3.8) is 0 Å². The van der Waals surface area contributed by atoms with Crippen LogP contribution < -0.4 is 10.5 Å². The molecular formula is C15H22INO2Si. The molecule has 0 unspecified atom stereocenters. The number of hydrogen-bond acceptors (Lipinski definition) is 3. The molecule has 3 nitrogen and oxygen atoms in total. The van der Waals surface area contributed by atoms with Crippen molar-refractivity contribution in [2.24, 2.45) is 0 Å². The van der Waals surface area contributed by atoms with Crippen molar-refractivity contribution in [1.82, 2.24) is 0 Å². The molecule has 0 aliphatic rings. The summed E-state index contributed by atoms with van der Waals surface area (Å²) >= 11 is 2.27. The van der Waals surface area contributed by atoms with Crippen molar-refractivity contribution in [1.29, 1.82) is 0 Å². The van der Waals surface area contributed by atoms with Crippen LogP contribution in [0.2, 0.25) is 19.6 Å². The minimum atomic E-state index is -1.29. The zero-order chi connectivity index (χ0) is 15.2. The Labute approximate surface area is 136 Å². The van der Waals surface area contributed by atoms with Gasteiger partial charge in [-0.05, 0) is 47.2 Å². The fourth-order valence-electron chi connectivity index (χ4n) is 1.45. The molecule has 0 heterocycles. The van der Waals surface area contributed by atoms with Crippen LogP contribution in [-0.2, 0) is 4.74 Å². The van der Waals surface area contributed by atoms with Gasteiger partial charge in [0, 0.05) is 3.57 Å². The summed E-state index contributed by atoms with van der Waals surface area (Å²) in [6, 6.07) is 3.88. The van der Waals surface area contributed by atoms with E-state index in [2.05, 4.69) is 53.7 Å². The lowest BCUT2D eigenvalue weighted by atomic mass is 10.2. The molecule has 0 spiro atoms. The van der Waals surface area contributed by atoms with E-state index < -0.39 is 8.07 Å². The SMILES string of the molecule is Cc1cc(N)c(OCCOCC#C[Si](C)(C)C)cc1I. The number of ether oxygens (including phenoxy) is 2. The van der Waals surface area contributed by atoms with Crippen molar-refractivity contribution in [3.05, 3.63) is 21.3 Å². The highest BCUT2D eigenvalue weighted by Crippen LogP contribution is 2.26. The largest absolute Gasteiger partial charge is 0.489 e. The smallest absolute Gasteiger partial charge is 0.143 e. The molecule has 110 valence electrons. The van der Waals surface area contributed by atoms with Crippen molar-refractivity contribution in [3.8, 4) is 17.2 Å². The van der Waals surface area contributed by atoms with E-state index in [4.69, 9.17) is 15.2 Å². The number of hydrogen-bond donors (Lipinski definition) is 1. The molecule has 0 radical (unpaired) electrons. The summed E-state index contributed by atoms with van der Waals surface area (Å²) in [4.78, 5) is 0. The van der Waals surface area contributed by atoms with Crippen LogP contribution in [-0.4, -0.2) is 27.9 Å². The van der Waals surface area contributed by atoms with E-state index in [9.17, 15) is 0 Å². The third kappa shape index (κ3) is 6.64. The van der Waals surface area contributed by atoms with E-state index in [1.165, 1.54) is 0 Å². The standard InChI is InChI=1S/C15H22INO2Si/c1-12-10-14(17)15(11-13(12)16)19-8-7-18-6-5-9-20(2,3)4/h10-11H,6-8,17H2,1-4H3. The molecule has 0 aromatic heterocycles. The van der Waals surface area contributed by atoms with Gasteiger partial charge in [0.2, 0.25) is 0 Å². The summed E-state index contributed by atoms with van der Waals surface area (Å²) in [5, 5.41) is 0. The Kier molecular flexibility index (Phi) is 6.86. The predicted molar refractivity (Wildman–Crippen MR) is 95.7 cm³/mol. The van der Waals surface area contributed by atoms with Crippen molar-refractivity contribution >= 4 is 36.4 Å². The zero-order valence-electron chi connectivity index (χ0n) is 12.5. The summed E-state index contributed by atoms with van der Waals surface area (Å²) in [5.41, 5.74) is 11.0. The minimum absolute atomic E-state index is 0.467. The first-order valence-electron chi connectivity index (χ1n) is 6.56. The molecule has 1 rings (SSSR count). The fraction of sp³-hybridized carbons (Fsp3) is 0.467. The second-order valence-corrected chi connectivity index (χ2v) is 11.5. The Bertz CT molecular complexity index is 515. The first kappa shape index (κ1) is 17.3. The monoisotopic (exact) mass is 403 g/mol. The van der Waals surface area contributed by atoms with E-state index in [0.717, 1.165) is 14.9 Å². The van der Waals surface area contributed by atoms with Gasteiger partial charge in [-0.25, -0.2) is 0 Å². The molecule has 0 fully saturated rings. The Balaban J connectivity index is 2.31. The van der Waals surface area contributed by atoms with Gasteiger partial charge in [0.25, 0.3) is 0 Å². The number of nitrogen functional groups attached to an aromatic ring is 1. The maximum atomic E-state index is 5.91. The molecular weight excluding hydrogens is 381 g/mol. The molecule has 0 aliphatic heterocycles. The summed E-state index contributed by atoms with van der Waals surface area (Å²) in [5.74, 6) is 3.78. The number of anilines is 1. The molecule has 1 aromatic rings. The van der Waals surface area contributed by atoms with E-state index in [1.54, 1.807) is 0 Å². The molecule has 0 atom stereocenters. The van der Waals surface area contributed by atoms with Gasteiger partial charge in [-0.1, -0.05) is 25.6 Å². The van der Waals surface area contributed by atoms with Crippen LogP contribution in [0.1, 0.15) is 5.56 Å². The molecule has 20 heavy (non-hydrogen) atoms. The predicted octanol–water partition coefficient (Wildman–Crippen LogP) is 3.46. The lowest BCUT2D eigenvalue weighted by Crippen LogP contribution is -2.16. The zero-order valence-corrected chi connectivity index (χ0v) is 15.7. The Morgan fingerprint density at radius 3 is 2.60 bits per heavy atom. The van der Waals surface area contributed by atoms with Gasteiger partial charge < -0.3 is 15.2 Å². The summed E-state index contributed by atoms with van der Waals surface area (Å²) < 4.78 is 12.2. The number of rotatable bonds is 5. The average Bonchev–Trinajstić information content (AvgIpc) is 2.32. The number of nitrogens with two attached hydrogens (primary N) is 1. The Morgan fingerprint density at radius 1 is 1.25 bits per heavy atom. The number of benzene rings is 1. The van der Waals surface area contributed by atoms with Gasteiger partial charge in [-0.2, -0.15) is 0 Å². The highest BCUT2D eigenvalue weighted by Gasteiger charge is 2.07. The maximum absolute atomic E-state index is 5.91. The van der Waals surface area contributed by atoms with Crippen molar-refractivity contribution in [2.75, 3.05) is 25.6 Å². The van der Waals surface area contributed by atoms with Crippen LogP contribution in [0.5, 0.6) is 5.75 Å². The van der Waals surface area contributed by atoms with Crippen LogP contribution >= 0.6 is 22.6 Å². The molecule has 0 saturated heterocycles. The van der Waals surface area contributed by atoms with Gasteiger partial charge in [0.05, 0.1) is 12.3 Å². The maximum Gasteiger partial charge on any atom is 0.143 e. The molecule has 0 bridgehead atoms. The highest BCUT2D eigenvalue weighted by atomic mass is 127. The summed E-state index contributed by atoms with van der Waals surface area (Å²) in [7, 11) is -1.29. The van der Waals surface area contributed by atoms with E-state index in [-0.39, 0.29) is 0 Å². The first-order valence-corrected chi connectivity index (χ1v) is 11.1. The van der Waals surface area contributed by atoms with Crippen LogP contribution in [0.4, 0.5) is 5.69 Å². The highest BCUT2D eigenvalue weighted by molar-refractivity contribution is 14.1. The average molecular weight is 403 g/mol. The van der Waals surface area contributed by atoms with Crippen molar-refractivity contribution in [2.45, 2.75) is 26.6 Å².